The van der Waals surface area contributed by atoms with E-state index in [2.05, 4.69) is 0 Å². The number of nitrogens with zero attached hydrogens (tertiary/aromatic N) is 1. The van der Waals surface area contributed by atoms with Gasteiger partial charge in [0.05, 0.1) is 11.3 Å². The van der Waals surface area contributed by atoms with Crippen molar-refractivity contribution in [3.8, 4) is 0 Å². The number of imide groups is 1. The van der Waals surface area contributed by atoms with Crippen molar-refractivity contribution in [1.29, 1.82) is 0 Å². The number of carbonyl (C=O) groups excluding carboxylic acids is 2. The Labute approximate surface area is 149 Å². The smallest absolute Gasteiger partial charge is 0.422 e. The Hall–Kier alpha value is -2.11. The number of amides is 2. The zero-order valence-electron chi connectivity index (χ0n) is 13.5. The van der Waals surface area contributed by atoms with Crippen LogP contribution in [-0.2, 0) is 9.53 Å². The molecule has 1 aliphatic rings. The quantitative estimate of drug-likeness (QED) is 0.654. The van der Waals surface area contributed by atoms with E-state index in [1.165, 1.54) is 0 Å². The topological polar surface area (TPSA) is 46.6 Å². The third-order valence-corrected chi connectivity index (χ3v) is 4.29. The first-order valence-electron chi connectivity index (χ1n) is 7.37. The van der Waals surface area contributed by atoms with Crippen molar-refractivity contribution in [2.75, 3.05) is 4.90 Å². The molecule has 0 unspecified atom stereocenters. The van der Waals surface area contributed by atoms with E-state index < -0.39 is 17.6 Å². The number of fused-ring (bicyclic) bond motifs is 1. The van der Waals surface area contributed by atoms with Crippen LogP contribution in [0.25, 0.3) is 11.6 Å². The van der Waals surface area contributed by atoms with Gasteiger partial charge in [-0.15, -0.1) is 0 Å². The fraction of sp³-hybridized carbons (Fsp3) is 0.222. The first kappa shape index (κ1) is 16.7. The molecule has 0 spiro atoms. The van der Waals surface area contributed by atoms with Crippen molar-refractivity contribution in [2.45, 2.75) is 26.4 Å². The fourth-order valence-corrected chi connectivity index (χ4v) is 3.20. The number of anilines is 1. The monoisotopic (exact) mass is 361 g/mol. The standard InChI is InChI=1S/C18H16ClNO3S/c1-18(2,3)23-17(22)20-15-9-12(19)4-5-13(15)14(16(20)21)8-11-6-7-24-10-11/h4-10H,1-3H3/b14-8+. The van der Waals surface area contributed by atoms with E-state index in [1.54, 1.807) is 56.4 Å². The van der Waals surface area contributed by atoms with Gasteiger partial charge in [0.25, 0.3) is 5.91 Å². The molecule has 0 bridgehead atoms. The Morgan fingerprint density at radius 3 is 2.67 bits per heavy atom. The lowest BCUT2D eigenvalue weighted by atomic mass is 10.1. The van der Waals surface area contributed by atoms with Crippen molar-refractivity contribution >= 4 is 52.3 Å². The van der Waals surface area contributed by atoms with Crippen LogP contribution in [0.4, 0.5) is 10.5 Å². The molecule has 4 nitrogen and oxygen atoms in total. The lowest BCUT2D eigenvalue weighted by molar-refractivity contribution is -0.112. The Kier molecular flexibility index (Phi) is 4.24. The second-order valence-electron chi connectivity index (χ2n) is 6.40. The third kappa shape index (κ3) is 3.23. The first-order valence-corrected chi connectivity index (χ1v) is 8.69. The second-order valence-corrected chi connectivity index (χ2v) is 7.61. The number of hydrogen-bond acceptors (Lipinski definition) is 4. The third-order valence-electron chi connectivity index (χ3n) is 3.35. The van der Waals surface area contributed by atoms with E-state index in [-0.39, 0.29) is 0 Å². The highest BCUT2D eigenvalue weighted by Crippen LogP contribution is 2.40. The zero-order valence-corrected chi connectivity index (χ0v) is 15.1. The van der Waals surface area contributed by atoms with Gasteiger partial charge in [-0.25, -0.2) is 9.69 Å². The molecule has 0 radical (unpaired) electrons. The van der Waals surface area contributed by atoms with E-state index in [9.17, 15) is 9.59 Å². The van der Waals surface area contributed by atoms with Gasteiger partial charge < -0.3 is 4.74 Å². The number of carbonyl (C=O) groups is 2. The van der Waals surface area contributed by atoms with Gasteiger partial charge in [0.1, 0.15) is 5.60 Å². The van der Waals surface area contributed by atoms with Crippen LogP contribution in [0.3, 0.4) is 0 Å². The molecule has 3 rings (SSSR count). The highest BCUT2D eigenvalue weighted by molar-refractivity contribution is 7.08. The van der Waals surface area contributed by atoms with Gasteiger partial charge in [-0.2, -0.15) is 11.3 Å². The maximum atomic E-state index is 12.8. The van der Waals surface area contributed by atoms with Crippen LogP contribution in [0.5, 0.6) is 0 Å². The molecular formula is C18H16ClNO3S. The summed E-state index contributed by atoms with van der Waals surface area (Å²) >= 11 is 7.60. The minimum atomic E-state index is -0.704. The molecule has 1 aromatic carbocycles. The normalized spacial score (nSPS) is 15.8. The molecule has 0 saturated carbocycles. The van der Waals surface area contributed by atoms with Gasteiger partial charge in [-0.3, -0.25) is 4.79 Å². The number of hydrogen-bond donors (Lipinski definition) is 0. The van der Waals surface area contributed by atoms with E-state index in [1.807, 2.05) is 16.8 Å². The Morgan fingerprint density at radius 2 is 2.04 bits per heavy atom. The summed E-state index contributed by atoms with van der Waals surface area (Å²) in [7, 11) is 0. The minimum Gasteiger partial charge on any atom is -0.443 e. The zero-order chi connectivity index (χ0) is 17.5. The van der Waals surface area contributed by atoms with Crippen LogP contribution in [0.1, 0.15) is 31.9 Å². The lowest BCUT2D eigenvalue weighted by Crippen LogP contribution is -2.38. The van der Waals surface area contributed by atoms with Gasteiger partial charge >= 0.3 is 6.09 Å². The van der Waals surface area contributed by atoms with Crippen LogP contribution < -0.4 is 4.90 Å². The van der Waals surface area contributed by atoms with E-state index >= 15 is 0 Å². The minimum absolute atomic E-state index is 0.410. The Balaban J connectivity index is 2.08. The molecule has 24 heavy (non-hydrogen) atoms. The maximum Gasteiger partial charge on any atom is 0.422 e. The molecule has 0 N–H and O–H groups in total. The average molecular weight is 362 g/mol. The van der Waals surface area contributed by atoms with Crippen LogP contribution in [0, 0.1) is 0 Å². The van der Waals surface area contributed by atoms with Gasteiger partial charge in [-0.05, 0) is 61.4 Å². The average Bonchev–Trinajstić information content (AvgIpc) is 3.05. The van der Waals surface area contributed by atoms with Gasteiger partial charge in [0.2, 0.25) is 0 Å². The largest absolute Gasteiger partial charge is 0.443 e. The highest BCUT2D eigenvalue weighted by atomic mass is 35.5. The second kappa shape index (κ2) is 6.07. The molecule has 1 aromatic heterocycles. The Morgan fingerprint density at radius 1 is 1.29 bits per heavy atom. The summed E-state index contributed by atoms with van der Waals surface area (Å²) < 4.78 is 5.37. The number of thiophene rings is 1. The number of halogens is 1. The summed E-state index contributed by atoms with van der Waals surface area (Å²) in [6.07, 6.45) is 1.07. The summed E-state index contributed by atoms with van der Waals surface area (Å²) in [6.45, 7) is 5.27. The summed E-state index contributed by atoms with van der Waals surface area (Å²) in [6, 6.07) is 6.97. The summed E-state index contributed by atoms with van der Waals surface area (Å²) in [5.41, 5.74) is 1.78. The summed E-state index contributed by atoms with van der Waals surface area (Å²) in [4.78, 5) is 26.4. The first-order chi connectivity index (χ1) is 11.3. The molecular weight excluding hydrogens is 346 g/mol. The van der Waals surface area contributed by atoms with Crippen molar-refractivity contribution < 1.29 is 14.3 Å². The molecule has 2 aromatic rings. The summed E-state index contributed by atoms with van der Waals surface area (Å²) in [5, 5.41) is 4.32. The maximum absolute atomic E-state index is 12.8. The molecule has 0 atom stereocenters. The highest BCUT2D eigenvalue weighted by Gasteiger charge is 2.39. The molecule has 124 valence electrons. The summed E-state index contributed by atoms with van der Waals surface area (Å²) in [5.74, 6) is -0.410. The molecule has 6 heteroatoms. The SMILES string of the molecule is CC(C)(C)OC(=O)N1C(=O)/C(=C/c2ccsc2)c2ccc(Cl)cc21. The predicted molar refractivity (Wildman–Crippen MR) is 97.4 cm³/mol. The lowest BCUT2D eigenvalue weighted by Gasteiger charge is -2.23. The van der Waals surface area contributed by atoms with Crippen molar-refractivity contribution in [2.24, 2.45) is 0 Å². The van der Waals surface area contributed by atoms with Gasteiger partial charge in [-0.1, -0.05) is 17.7 Å². The van der Waals surface area contributed by atoms with Crippen molar-refractivity contribution in [1.82, 2.24) is 0 Å². The van der Waals surface area contributed by atoms with Crippen molar-refractivity contribution in [3.05, 3.63) is 51.2 Å². The number of benzene rings is 1. The molecule has 0 fully saturated rings. The van der Waals surface area contributed by atoms with Gasteiger partial charge in [0, 0.05) is 10.6 Å². The van der Waals surface area contributed by atoms with Crippen LogP contribution in [0.15, 0.2) is 35.0 Å². The molecule has 0 aliphatic carbocycles. The van der Waals surface area contributed by atoms with Crippen LogP contribution in [0.2, 0.25) is 5.02 Å². The van der Waals surface area contributed by atoms with E-state index in [0.29, 0.717) is 21.8 Å². The van der Waals surface area contributed by atoms with Crippen LogP contribution >= 0.6 is 22.9 Å². The van der Waals surface area contributed by atoms with E-state index in [0.717, 1.165) is 10.5 Å². The van der Waals surface area contributed by atoms with Crippen LogP contribution in [-0.4, -0.2) is 17.6 Å². The number of ether oxygens (including phenoxy) is 1. The predicted octanol–water partition coefficient (Wildman–Crippen LogP) is 5.22. The molecule has 2 heterocycles. The molecule has 1 aliphatic heterocycles. The van der Waals surface area contributed by atoms with E-state index in [4.69, 9.17) is 16.3 Å². The Bertz CT molecular complexity index is 834. The number of rotatable bonds is 1. The van der Waals surface area contributed by atoms with Gasteiger partial charge in [0.15, 0.2) is 0 Å². The molecule has 2 amide bonds. The van der Waals surface area contributed by atoms with Crippen molar-refractivity contribution in [3.63, 3.8) is 0 Å². The molecule has 0 saturated heterocycles. The fourth-order valence-electron chi connectivity index (χ4n) is 2.41.